The first-order valence-electron chi connectivity index (χ1n) is 8.38. The van der Waals surface area contributed by atoms with Gasteiger partial charge in [0.25, 0.3) is 0 Å². The first-order valence-corrected chi connectivity index (χ1v) is 8.38. The second-order valence-electron chi connectivity index (χ2n) is 6.47. The summed E-state index contributed by atoms with van der Waals surface area (Å²) in [7, 11) is 0. The SMILES string of the molecule is Cc1cn[nH]c1C1CCN(Cc2cnc(-c3ccccc3)nc2)C1. The van der Waals surface area contributed by atoms with E-state index in [1.54, 1.807) is 0 Å². The molecule has 1 unspecified atom stereocenters. The van der Waals surface area contributed by atoms with Crippen molar-refractivity contribution < 1.29 is 0 Å². The van der Waals surface area contributed by atoms with E-state index in [2.05, 4.69) is 32.0 Å². The molecule has 5 heteroatoms. The second-order valence-corrected chi connectivity index (χ2v) is 6.47. The fraction of sp³-hybridized carbons (Fsp3) is 0.316. The van der Waals surface area contributed by atoms with Crippen molar-refractivity contribution in [3.05, 3.63) is 65.7 Å². The monoisotopic (exact) mass is 319 g/mol. The highest BCUT2D eigenvalue weighted by Crippen LogP contribution is 2.28. The van der Waals surface area contributed by atoms with Gasteiger partial charge in [-0.2, -0.15) is 5.10 Å². The van der Waals surface area contributed by atoms with Crippen LogP contribution in [0.25, 0.3) is 11.4 Å². The van der Waals surface area contributed by atoms with Gasteiger partial charge in [-0.1, -0.05) is 30.3 Å². The average Bonchev–Trinajstić information content (AvgIpc) is 3.25. The van der Waals surface area contributed by atoms with Crippen molar-refractivity contribution in [2.75, 3.05) is 13.1 Å². The number of nitrogens with zero attached hydrogens (tertiary/aromatic N) is 4. The molecule has 1 fully saturated rings. The summed E-state index contributed by atoms with van der Waals surface area (Å²) >= 11 is 0. The molecule has 3 aromatic rings. The number of nitrogens with one attached hydrogen (secondary N) is 1. The van der Waals surface area contributed by atoms with Crippen LogP contribution in [0.3, 0.4) is 0 Å². The molecule has 0 spiro atoms. The molecule has 1 aromatic carbocycles. The molecule has 3 heterocycles. The number of aromatic nitrogens is 4. The van der Waals surface area contributed by atoms with Gasteiger partial charge >= 0.3 is 0 Å². The lowest BCUT2D eigenvalue weighted by atomic mass is 10.0. The van der Waals surface area contributed by atoms with Crippen molar-refractivity contribution in [3.8, 4) is 11.4 Å². The van der Waals surface area contributed by atoms with E-state index in [9.17, 15) is 0 Å². The molecule has 2 aromatic heterocycles. The topological polar surface area (TPSA) is 57.7 Å². The fourth-order valence-electron chi connectivity index (χ4n) is 3.41. The van der Waals surface area contributed by atoms with Crippen LogP contribution in [0, 0.1) is 6.92 Å². The number of aryl methyl sites for hydroxylation is 1. The standard InChI is InChI=1S/C19H21N5/c1-14-9-22-23-18(14)17-7-8-24(13-17)12-15-10-20-19(21-11-15)16-5-3-2-4-6-16/h2-6,9-11,17H,7-8,12-13H2,1H3,(H,22,23). The van der Waals surface area contributed by atoms with E-state index in [4.69, 9.17) is 0 Å². The lowest BCUT2D eigenvalue weighted by Crippen LogP contribution is -2.20. The molecule has 0 aliphatic carbocycles. The maximum absolute atomic E-state index is 4.52. The number of hydrogen-bond acceptors (Lipinski definition) is 4. The zero-order valence-electron chi connectivity index (χ0n) is 13.8. The molecule has 0 bridgehead atoms. The molecule has 1 N–H and O–H groups in total. The average molecular weight is 319 g/mol. The van der Waals surface area contributed by atoms with E-state index in [1.807, 2.05) is 48.9 Å². The first kappa shape index (κ1) is 15.0. The summed E-state index contributed by atoms with van der Waals surface area (Å²) in [4.78, 5) is 11.5. The van der Waals surface area contributed by atoms with Crippen LogP contribution < -0.4 is 0 Å². The van der Waals surface area contributed by atoms with E-state index in [1.165, 1.54) is 17.7 Å². The minimum Gasteiger partial charge on any atom is -0.298 e. The highest BCUT2D eigenvalue weighted by Gasteiger charge is 2.26. The van der Waals surface area contributed by atoms with Crippen LogP contribution in [0.15, 0.2) is 48.9 Å². The third-order valence-corrected chi connectivity index (χ3v) is 4.69. The largest absolute Gasteiger partial charge is 0.298 e. The molecule has 5 nitrogen and oxygen atoms in total. The number of benzene rings is 1. The Labute approximate surface area is 141 Å². The summed E-state index contributed by atoms with van der Waals surface area (Å²) in [5.74, 6) is 1.34. The number of H-pyrrole nitrogens is 1. The molecule has 1 aliphatic rings. The van der Waals surface area contributed by atoms with Gasteiger partial charge < -0.3 is 0 Å². The van der Waals surface area contributed by atoms with Crippen LogP contribution in [-0.2, 0) is 6.54 Å². The molecule has 122 valence electrons. The minimum atomic E-state index is 0.553. The van der Waals surface area contributed by atoms with Crippen LogP contribution in [0.2, 0.25) is 0 Å². The van der Waals surface area contributed by atoms with Gasteiger partial charge in [0.05, 0.1) is 6.20 Å². The first-order chi connectivity index (χ1) is 11.8. The van der Waals surface area contributed by atoms with Crippen LogP contribution in [-0.4, -0.2) is 38.2 Å². The third-order valence-electron chi connectivity index (χ3n) is 4.69. The normalized spacial score (nSPS) is 18.1. The van der Waals surface area contributed by atoms with Crippen LogP contribution in [0.5, 0.6) is 0 Å². The molecule has 24 heavy (non-hydrogen) atoms. The molecular weight excluding hydrogens is 298 g/mol. The maximum atomic E-state index is 4.52. The second kappa shape index (κ2) is 6.53. The van der Waals surface area contributed by atoms with E-state index in [-0.39, 0.29) is 0 Å². The van der Waals surface area contributed by atoms with Gasteiger partial charge in [0.1, 0.15) is 0 Å². The van der Waals surface area contributed by atoms with Gasteiger partial charge in [-0.05, 0) is 25.5 Å². The molecule has 4 rings (SSSR count). The number of aromatic amines is 1. The maximum Gasteiger partial charge on any atom is 0.159 e. The zero-order chi connectivity index (χ0) is 16.4. The molecule has 1 saturated heterocycles. The van der Waals surface area contributed by atoms with E-state index in [0.717, 1.165) is 36.6 Å². The summed E-state index contributed by atoms with van der Waals surface area (Å²) in [6.07, 6.45) is 6.98. The highest BCUT2D eigenvalue weighted by molar-refractivity contribution is 5.53. The Morgan fingerprint density at radius 1 is 1.12 bits per heavy atom. The number of hydrogen-bond donors (Lipinski definition) is 1. The predicted octanol–water partition coefficient (Wildman–Crippen LogP) is 3.16. The minimum absolute atomic E-state index is 0.553. The van der Waals surface area contributed by atoms with Crippen LogP contribution in [0.4, 0.5) is 0 Å². The molecule has 1 aliphatic heterocycles. The lowest BCUT2D eigenvalue weighted by molar-refractivity contribution is 0.325. The Hall–Kier alpha value is -2.53. The third kappa shape index (κ3) is 3.08. The number of likely N-dealkylation sites (tertiary alicyclic amines) is 1. The van der Waals surface area contributed by atoms with Crippen molar-refractivity contribution in [2.45, 2.75) is 25.8 Å². The summed E-state index contributed by atoms with van der Waals surface area (Å²) in [6, 6.07) is 10.1. The Morgan fingerprint density at radius 3 is 2.62 bits per heavy atom. The Bertz CT molecular complexity index is 794. The molecule has 0 amide bonds. The summed E-state index contributed by atoms with van der Waals surface area (Å²) < 4.78 is 0. The molecule has 0 saturated carbocycles. The van der Waals surface area contributed by atoms with Crippen molar-refractivity contribution in [1.29, 1.82) is 0 Å². The van der Waals surface area contributed by atoms with Crippen molar-refractivity contribution in [3.63, 3.8) is 0 Å². The smallest absolute Gasteiger partial charge is 0.159 e. The van der Waals surface area contributed by atoms with Gasteiger partial charge in [0, 0.05) is 48.2 Å². The van der Waals surface area contributed by atoms with Crippen LogP contribution in [0.1, 0.15) is 29.2 Å². The summed E-state index contributed by atoms with van der Waals surface area (Å²) in [5.41, 5.74) is 4.77. The van der Waals surface area contributed by atoms with Gasteiger partial charge in [-0.15, -0.1) is 0 Å². The van der Waals surface area contributed by atoms with Crippen LogP contribution >= 0.6 is 0 Å². The van der Waals surface area contributed by atoms with Gasteiger partial charge in [-0.25, -0.2) is 9.97 Å². The number of rotatable bonds is 4. The summed E-state index contributed by atoms with van der Waals surface area (Å²) in [5, 5.41) is 7.31. The molecular formula is C19H21N5. The highest BCUT2D eigenvalue weighted by atomic mass is 15.2. The van der Waals surface area contributed by atoms with Crippen molar-refractivity contribution in [2.24, 2.45) is 0 Å². The quantitative estimate of drug-likeness (QED) is 0.802. The summed E-state index contributed by atoms with van der Waals surface area (Å²) in [6.45, 7) is 5.18. The fourth-order valence-corrected chi connectivity index (χ4v) is 3.41. The van der Waals surface area contributed by atoms with E-state index in [0.29, 0.717) is 5.92 Å². The Morgan fingerprint density at radius 2 is 1.92 bits per heavy atom. The molecule has 0 radical (unpaired) electrons. The Kier molecular flexibility index (Phi) is 4.09. The van der Waals surface area contributed by atoms with E-state index < -0.39 is 0 Å². The molecule has 1 atom stereocenters. The van der Waals surface area contributed by atoms with E-state index >= 15 is 0 Å². The predicted molar refractivity (Wildman–Crippen MR) is 93.4 cm³/mol. The van der Waals surface area contributed by atoms with Gasteiger partial charge in [0.15, 0.2) is 5.82 Å². The van der Waals surface area contributed by atoms with Crippen molar-refractivity contribution in [1.82, 2.24) is 25.1 Å². The van der Waals surface area contributed by atoms with Gasteiger partial charge in [0.2, 0.25) is 0 Å². The Balaban J connectivity index is 1.40. The van der Waals surface area contributed by atoms with Crippen molar-refractivity contribution >= 4 is 0 Å². The zero-order valence-corrected chi connectivity index (χ0v) is 13.8. The van der Waals surface area contributed by atoms with Gasteiger partial charge in [-0.3, -0.25) is 10.00 Å². The lowest BCUT2D eigenvalue weighted by Gasteiger charge is -2.15.